The molecule has 126 valence electrons. The molecule has 3 rings (SSSR count). The zero-order valence-electron chi connectivity index (χ0n) is 13.4. The van der Waals surface area contributed by atoms with Gasteiger partial charge in [-0.05, 0) is 36.6 Å². The molecular formula is C16H22N2O4S. The van der Waals surface area contributed by atoms with E-state index in [4.69, 9.17) is 4.74 Å². The van der Waals surface area contributed by atoms with Gasteiger partial charge in [0, 0.05) is 30.7 Å². The molecule has 0 saturated carbocycles. The highest BCUT2D eigenvalue weighted by Crippen LogP contribution is 2.38. The summed E-state index contributed by atoms with van der Waals surface area (Å²) in [6, 6.07) is 4.85. The Morgan fingerprint density at radius 2 is 2.17 bits per heavy atom. The summed E-state index contributed by atoms with van der Waals surface area (Å²) in [4.78, 5) is 11.9. The van der Waals surface area contributed by atoms with Crippen LogP contribution in [0.5, 0.6) is 0 Å². The highest BCUT2D eigenvalue weighted by molar-refractivity contribution is 7.89. The van der Waals surface area contributed by atoms with Crippen molar-refractivity contribution in [2.24, 2.45) is 0 Å². The van der Waals surface area contributed by atoms with Gasteiger partial charge in [0.2, 0.25) is 15.9 Å². The molecular weight excluding hydrogens is 316 g/mol. The number of fused-ring (bicyclic) bond motifs is 1. The normalized spacial score (nSPS) is 23.4. The minimum absolute atomic E-state index is 0.0434. The highest BCUT2D eigenvalue weighted by atomic mass is 32.2. The zero-order valence-corrected chi connectivity index (χ0v) is 14.2. The van der Waals surface area contributed by atoms with Gasteiger partial charge in [-0.1, -0.05) is 13.8 Å². The molecule has 2 aliphatic heterocycles. The van der Waals surface area contributed by atoms with Gasteiger partial charge < -0.3 is 10.1 Å². The molecule has 0 radical (unpaired) electrons. The van der Waals surface area contributed by atoms with Crippen LogP contribution < -0.4 is 10.0 Å². The first kappa shape index (κ1) is 16.4. The maximum Gasteiger partial charge on any atom is 0.240 e. The van der Waals surface area contributed by atoms with Crippen LogP contribution >= 0.6 is 0 Å². The smallest absolute Gasteiger partial charge is 0.240 e. The quantitative estimate of drug-likeness (QED) is 0.876. The van der Waals surface area contributed by atoms with E-state index < -0.39 is 15.4 Å². The molecule has 6 nitrogen and oxygen atoms in total. The lowest BCUT2D eigenvalue weighted by Crippen LogP contribution is -2.34. The molecule has 0 aliphatic carbocycles. The maximum atomic E-state index is 12.5. The van der Waals surface area contributed by atoms with E-state index >= 15 is 0 Å². The third kappa shape index (κ3) is 3.41. The summed E-state index contributed by atoms with van der Waals surface area (Å²) in [6.07, 6.45) is 2.15. The number of carbonyl (C=O) groups excluding carboxylic acids is 1. The van der Waals surface area contributed by atoms with Crippen molar-refractivity contribution < 1.29 is 17.9 Å². The van der Waals surface area contributed by atoms with Crippen molar-refractivity contribution in [1.82, 2.24) is 4.72 Å². The van der Waals surface area contributed by atoms with Gasteiger partial charge in [0.15, 0.2) is 0 Å². The number of ether oxygens (including phenoxy) is 1. The summed E-state index contributed by atoms with van der Waals surface area (Å²) in [6.45, 7) is 4.88. The van der Waals surface area contributed by atoms with Crippen LogP contribution in [0.2, 0.25) is 0 Å². The van der Waals surface area contributed by atoms with Crippen LogP contribution in [0.1, 0.15) is 38.7 Å². The van der Waals surface area contributed by atoms with E-state index in [2.05, 4.69) is 10.0 Å². The lowest BCUT2D eigenvalue weighted by atomic mass is 9.78. The Balaban J connectivity index is 1.84. The van der Waals surface area contributed by atoms with E-state index in [-0.39, 0.29) is 16.9 Å². The summed E-state index contributed by atoms with van der Waals surface area (Å²) >= 11 is 0. The van der Waals surface area contributed by atoms with Crippen molar-refractivity contribution in [3.8, 4) is 0 Å². The van der Waals surface area contributed by atoms with Gasteiger partial charge in [-0.25, -0.2) is 13.1 Å². The number of nitrogens with one attached hydrogen (secondary N) is 2. The van der Waals surface area contributed by atoms with Gasteiger partial charge in [-0.3, -0.25) is 4.79 Å². The van der Waals surface area contributed by atoms with Gasteiger partial charge in [-0.2, -0.15) is 0 Å². The lowest BCUT2D eigenvalue weighted by Gasteiger charge is -2.32. The van der Waals surface area contributed by atoms with Crippen LogP contribution in [0.15, 0.2) is 23.1 Å². The first-order valence-corrected chi connectivity index (χ1v) is 9.32. The molecule has 1 atom stereocenters. The molecule has 1 saturated heterocycles. The Bertz CT molecular complexity index is 722. The van der Waals surface area contributed by atoms with Crippen molar-refractivity contribution in [3.63, 3.8) is 0 Å². The number of anilines is 1. The van der Waals surface area contributed by atoms with Crippen LogP contribution in [0.3, 0.4) is 0 Å². The van der Waals surface area contributed by atoms with Crippen LogP contribution in [0.4, 0.5) is 5.69 Å². The number of rotatable bonds is 4. The fourth-order valence-corrected chi connectivity index (χ4v) is 4.23. The second-order valence-electron chi connectivity index (χ2n) is 6.80. The highest BCUT2D eigenvalue weighted by Gasteiger charge is 2.33. The van der Waals surface area contributed by atoms with Crippen LogP contribution in [-0.4, -0.2) is 33.6 Å². The fourth-order valence-electron chi connectivity index (χ4n) is 3.14. The van der Waals surface area contributed by atoms with Gasteiger partial charge in [0.05, 0.1) is 11.0 Å². The number of amides is 1. The predicted molar refractivity (Wildman–Crippen MR) is 86.9 cm³/mol. The first-order valence-electron chi connectivity index (χ1n) is 7.84. The topological polar surface area (TPSA) is 84.5 Å². The molecule has 1 aromatic rings. The molecule has 1 amide bonds. The molecule has 1 fully saturated rings. The standard InChI is InChI=1S/C16H22N2O4S/c1-16(2)9-15(19)18-14-6-5-12(8-13(14)16)23(20,21)17-10-11-4-3-7-22-11/h5-6,8,11,17H,3-4,7,9-10H2,1-2H3,(H,18,19)/t11-/m1/s1. The Labute approximate surface area is 136 Å². The van der Waals surface area contributed by atoms with Crippen molar-refractivity contribution in [1.29, 1.82) is 0 Å². The SMILES string of the molecule is CC1(C)CC(=O)Nc2ccc(S(=O)(=O)NC[C@H]3CCCO3)cc21. The van der Waals surface area contributed by atoms with Crippen molar-refractivity contribution in [3.05, 3.63) is 23.8 Å². The average Bonchev–Trinajstić information content (AvgIpc) is 2.97. The summed E-state index contributed by atoms with van der Waals surface area (Å²) in [5.74, 6) is -0.0467. The number of sulfonamides is 1. The second kappa shape index (κ2) is 5.89. The van der Waals surface area contributed by atoms with E-state index in [9.17, 15) is 13.2 Å². The molecule has 2 heterocycles. The Morgan fingerprint density at radius 1 is 1.39 bits per heavy atom. The van der Waals surface area contributed by atoms with E-state index in [1.165, 1.54) is 6.07 Å². The predicted octanol–water partition coefficient (Wildman–Crippen LogP) is 1.76. The van der Waals surface area contributed by atoms with E-state index in [0.29, 0.717) is 25.3 Å². The second-order valence-corrected chi connectivity index (χ2v) is 8.57. The number of carbonyl (C=O) groups is 1. The molecule has 0 bridgehead atoms. The summed E-state index contributed by atoms with van der Waals surface area (Å²) in [5, 5.41) is 2.80. The fraction of sp³-hybridized carbons (Fsp3) is 0.562. The summed E-state index contributed by atoms with van der Waals surface area (Å²) < 4.78 is 33.1. The number of hydrogen-bond acceptors (Lipinski definition) is 4. The molecule has 23 heavy (non-hydrogen) atoms. The Morgan fingerprint density at radius 3 is 2.87 bits per heavy atom. The molecule has 2 aliphatic rings. The summed E-state index contributed by atoms with van der Waals surface area (Å²) in [7, 11) is -3.59. The molecule has 0 aromatic heterocycles. The monoisotopic (exact) mass is 338 g/mol. The van der Waals surface area contributed by atoms with E-state index in [0.717, 1.165) is 18.4 Å². The van der Waals surface area contributed by atoms with Crippen LogP contribution in [0.25, 0.3) is 0 Å². The molecule has 1 aromatic carbocycles. The number of benzene rings is 1. The number of hydrogen-bond donors (Lipinski definition) is 2. The van der Waals surface area contributed by atoms with Gasteiger partial charge >= 0.3 is 0 Å². The van der Waals surface area contributed by atoms with Gasteiger partial charge in [0.25, 0.3) is 0 Å². The summed E-state index contributed by atoms with van der Waals surface area (Å²) in [5.41, 5.74) is 1.14. The molecule has 0 spiro atoms. The Hall–Kier alpha value is -1.44. The third-order valence-electron chi connectivity index (χ3n) is 4.43. The van der Waals surface area contributed by atoms with Crippen LogP contribution in [-0.2, 0) is 25.0 Å². The largest absolute Gasteiger partial charge is 0.377 e. The molecule has 2 N–H and O–H groups in total. The first-order chi connectivity index (χ1) is 10.8. The zero-order chi connectivity index (χ0) is 16.7. The van der Waals surface area contributed by atoms with E-state index in [1.54, 1.807) is 12.1 Å². The van der Waals surface area contributed by atoms with Crippen molar-refractivity contribution >= 4 is 21.6 Å². The molecule has 7 heteroatoms. The van der Waals surface area contributed by atoms with Crippen molar-refractivity contribution in [2.45, 2.75) is 49.5 Å². The van der Waals surface area contributed by atoms with Crippen LogP contribution in [0, 0.1) is 0 Å². The van der Waals surface area contributed by atoms with Crippen molar-refractivity contribution in [2.75, 3.05) is 18.5 Å². The lowest BCUT2D eigenvalue weighted by molar-refractivity contribution is -0.117. The maximum absolute atomic E-state index is 12.5. The minimum atomic E-state index is -3.59. The average molecular weight is 338 g/mol. The van der Waals surface area contributed by atoms with E-state index in [1.807, 2.05) is 13.8 Å². The van der Waals surface area contributed by atoms with Gasteiger partial charge in [-0.15, -0.1) is 0 Å². The van der Waals surface area contributed by atoms with Gasteiger partial charge in [0.1, 0.15) is 0 Å². The third-order valence-corrected chi connectivity index (χ3v) is 5.85. The minimum Gasteiger partial charge on any atom is -0.377 e. The molecule has 0 unspecified atom stereocenters. The Kier molecular flexibility index (Phi) is 4.20.